The van der Waals surface area contributed by atoms with E-state index in [1.54, 1.807) is 6.08 Å². The van der Waals surface area contributed by atoms with Crippen LogP contribution in [0.3, 0.4) is 0 Å². The number of fused-ring (bicyclic) bond motifs is 1. The maximum atomic E-state index is 12.4. The highest BCUT2D eigenvalue weighted by Gasteiger charge is 2.14. The van der Waals surface area contributed by atoms with Gasteiger partial charge in [-0.3, -0.25) is 4.79 Å². The van der Waals surface area contributed by atoms with Gasteiger partial charge in [-0.25, -0.2) is 0 Å². The molecular weight excluding hydrogens is 350 g/mol. The minimum atomic E-state index is -0.162. The Morgan fingerprint density at radius 1 is 1.04 bits per heavy atom. The molecule has 0 spiro atoms. The fourth-order valence-corrected chi connectivity index (χ4v) is 3.44. The minimum absolute atomic E-state index is 0.162. The van der Waals surface area contributed by atoms with E-state index in [9.17, 15) is 4.79 Å². The molecule has 0 saturated carbocycles. The number of carbonyl (C=O) groups excluding carboxylic acids is 1. The third-order valence-corrected chi connectivity index (χ3v) is 5.17. The average Bonchev–Trinajstić information content (AvgIpc) is 3.14. The molecule has 1 saturated heterocycles. The summed E-state index contributed by atoms with van der Waals surface area (Å²) < 4.78 is 5.81. The van der Waals surface area contributed by atoms with Crippen molar-refractivity contribution in [2.45, 2.75) is 6.92 Å². The Morgan fingerprint density at radius 2 is 1.75 bits per heavy atom. The van der Waals surface area contributed by atoms with E-state index in [1.807, 2.05) is 49.4 Å². The van der Waals surface area contributed by atoms with E-state index < -0.39 is 0 Å². The Balaban J connectivity index is 1.40. The summed E-state index contributed by atoms with van der Waals surface area (Å²) in [6, 6.07) is 17.8. The maximum absolute atomic E-state index is 12.4. The zero-order chi connectivity index (χ0) is 19.5. The van der Waals surface area contributed by atoms with E-state index in [0.717, 1.165) is 48.4 Å². The fourth-order valence-electron chi connectivity index (χ4n) is 3.44. The first kappa shape index (κ1) is 18.3. The van der Waals surface area contributed by atoms with Crippen LogP contribution in [-0.2, 0) is 4.79 Å². The van der Waals surface area contributed by atoms with Gasteiger partial charge in [0.15, 0.2) is 0 Å². The van der Waals surface area contributed by atoms with Crippen LogP contribution in [0.5, 0.6) is 0 Å². The predicted octanol–water partition coefficient (Wildman–Crippen LogP) is 4.23. The highest BCUT2D eigenvalue weighted by atomic mass is 16.3. The fraction of sp³-hybridized carbons (Fsp3) is 0.261. The molecule has 1 aromatic heterocycles. The van der Waals surface area contributed by atoms with Crippen LogP contribution >= 0.6 is 0 Å². The zero-order valence-corrected chi connectivity index (χ0v) is 16.3. The second kappa shape index (κ2) is 7.90. The molecular formula is C23H25N3O2. The maximum Gasteiger partial charge on any atom is 0.248 e. The van der Waals surface area contributed by atoms with E-state index in [4.69, 9.17) is 4.42 Å². The van der Waals surface area contributed by atoms with E-state index in [-0.39, 0.29) is 5.91 Å². The number of furan rings is 1. The Morgan fingerprint density at radius 3 is 2.46 bits per heavy atom. The van der Waals surface area contributed by atoms with Gasteiger partial charge in [0.05, 0.1) is 0 Å². The van der Waals surface area contributed by atoms with Gasteiger partial charge in [-0.1, -0.05) is 18.2 Å². The number of piperazine rings is 1. The van der Waals surface area contributed by atoms with E-state index in [2.05, 4.69) is 34.3 Å². The second-order valence-electron chi connectivity index (χ2n) is 7.30. The third-order valence-electron chi connectivity index (χ3n) is 5.17. The SMILES string of the molecule is CC(=CC(=O)Nc1ccc(N2CCN(C)CC2)cc1)c1cc2ccccc2o1. The summed E-state index contributed by atoms with van der Waals surface area (Å²) in [5.74, 6) is 0.548. The number of anilines is 2. The number of nitrogens with zero attached hydrogens (tertiary/aromatic N) is 2. The highest BCUT2D eigenvalue weighted by molar-refractivity contribution is 6.04. The highest BCUT2D eigenvalue weighted by Crippen LogP contribution is 2.24. The number of likely N-dealkylation sites (N-methyl/N-ethyl adjacent to an activating group) is 1. The van der Waals surface area contributed by atoms with Crippen LogP contribution in [-0.4, -0.2) is 44.0 Å². The van der Waals surface area contributed by atoms with Gasteiger partial charge in [-0.05, 0) is 55.9 Å². The third kappa shape index (κ3) is 4.10. The summed E-state index contributed by atoms with van der Waals surface area (Å²) in [5.41, 5.74) is 3.60. The van der Waals surface area contributed by atoms with Crippen molar-refractivity contribution in [1.29, 1.82) is 0 Å². The van der Waals surface area contributed by atoms with Crippen molar-refractivity contribution in [3.05, 3.63) is 66.4 Å². The van der Waals surface area contributed by atoms with Crippen LogP contribution < -0.4 is 10.2 Å². The lowest BCUT2D eigenvalue weighted by atomic mass is 10.2. The zero-order valence-electron chi connectivity index (χ0n) is 16.3. The van der Waals surface area contributed by atoms with Crippen LogP contribution in [0.1, 0.15) is 12.7 Å². The number of hydrogen-bond acceptors (Lipinski definition) is 4. The van der Waals surface area contributed by atoms with Gasteiger partial charge in [0.2, 0.25) is 5.91 Å². The Labute approximate surface area is 165 Å². The number of amides is 1. The summed E-state index contributed by atoms with van der Waals surface area (Å²) in [6.45, 7) is 6.09. The van der Waals surface area contributed by atoms with Crippen molar-refractivity contribution in [2.24, 2.45) is 0 Å². The summed E-state index contributed by atoms with van der Waals surface area (Å²) in [4.78, 5) is 17.1. The van der Waals surface area contributed by atoms with Crippen LogP contribution in [0.2, 0.25) is 0 Å². The molecule has 1 N–H and O–H groups in total. The molecule has 1 aliphatic heterocycles. The molecule has 4 rings (SSSR count). The molecule has 0 bridgehead atoms. The van der Waals surface area contributed by atoms with Gasteiger partial charge in [0.25, 0.3) is 0 Å². The minimum Gasteiger partial charge on any atom is -0.456 e. The largest absolute Gasteiger partial charge is 0.456 e. The molecule has 144 valence electrons. The number of hydrogen-bond donors (Lipinski definition) is 1. The Kier molecular flexibility index (Phi) is 5.17. The monoisotopic (exact) mass is 375 g/mol. The van der Waals surface area contributed by atoms with Crippen LogP contribution in [0.15, 0.2) is 65.1 Å². The van der Waals surface area contributed by atoms with Crippen molar-refractivity contribution < 1.29 is 9.21 Å². The van der Waals surface area contributed by atoms with Gasteiger partial charge in [0, 0.05) is 49.0 Å². The number of carbonyl (C=O) groups is 1. The van der Waals surface area contributed by atoms with E-state index in [1.165, 1.54) is 5.69 Å². The Bertz CT molecular complexity index is 963. The molecule has 5 heteroatoms. The van der Waals surface area contributed by atoms with Crippen molar-refractivity contribution in [2.75, 3.05) is 43.4 Å². The Hall–Kier alpha value is -3.05. The number of allylic oxidation sites excluding steroid dienone is 1. The van der Waals surface area contributed by atoms with Gasteiger partial charge < -0.3 is 19.5 Å². The lowest BCUT2D eigenvalue weighted by molar-refractivity contribution is -0.111. The molecule has 1 aliphatic rings. The van der Waals surface area contributed by atoms with Crippen molar-refractivity contribution in [1.82, 2.24) is 4.90 Å². The molecule has 1 fully saturated rings. The first-order valence-corrected chi connectivity index (χ1v) is 9.60. The number of para-hydroxylation sites is 1. The van der Waals surface area contributed by atoms with Crippen LogP contribution in [0.4, 0.5) is 11.4 Å². The first-order valence-electron chi connectivity index (χ1n) is 9.60. The molecule has 1 amide bonds. The summed E-state index contributed by atoms with van der Waals surface area (Å²) in [6.07, 6.45) is 1.58. The van der Waals surface area contributed by atoms with E-state index >= 15 is 0 Å². The number of rotatable bonds is 4. The molecule has 2 heterocycles. The van der Waals surface area contributed by atoms with Gasteiger partial charge in [-0.15, -0.1) is 0 Å². The average molecular weight is 375 g/mol. The van der Waals surface area contributed by atoms with Crippen molar-refractivity contribution in [3.63, 3.8) is 0 Å². The summed E-state index contributed by atoms with van der Waals surface area (Å²) in [7, 11) is 2.15. The topological polar surface area (TPSA) is 48.7 Å². The standard InChI is InChI=1S/C23H25N3O2/c1-17(22-16-18-5-3-4-6-21(18)28-22)15-23(27)24-19-7-9-20(10-8-19)26-13-11-25(2)12-14-26/h3-10,15-16H,11-14H2,1-2H3,(H,24,27). The van der Waals surface area contributed by atoms with Crippen molar-refractivity contribution >= 4 is 33.8 Å². The van der Waals surface area contributed by atoms with E-state index in [0.29, 0.717) is 5.76 Å². The van der Waals surface area contributed by atoms with Gasteiger partial charge in [-0.2, -0.15) is 0 Å². The summed E-state index contributed by atoms with van der Waals surface area (Å²) in [5, 5.41) is 3.96. The molecule has 3 aromatic rings. The van der Waals surface area contributed by atoms with Crippen LogP contribution in [0, 0.1) is 0 Å². The molecule has 28 heavy (non-hydrogen) atoms. The molecule has 0 unspecified atom stereocenters. The first-order chi connectivity index (χ1) is 13.6. The summed E-state index contributed by atoms with van der Waals surface area (Å²) >= 11 is 0. The normalized spacial score (nSPS) is 15.8. The predicted molar refractivity (Wildman–Crippen MR) is 115 cm³/mol. The number of nitrogens with one attached hydrogen (secondary N) is 1. The quantitative estimate of drug-likeness (QED) is 0.694. The molecule has 0 aliphatic carbocycles. The lowest BCUT2D eigenvalue weighted by Crippen LogP contribution is -2.44. The van der Waals surface area contributed by atoms with Crippen molar-refractivity contribution in [3.8, 4) is 0 Å². The molecule has 2 aromatic carbocycles. The van der Waals surface area contributed by atoms with Gasteiger partial charge >= 0.3 is 0 Å². The smallest absolute Gasteiger partial charge is 0.248 e. The lowest BCUT2D eigenvalue weighted by Gasteiger charge is -2.34. The molecule has 0 atom stereocenters. The van der Waals surface area contributed by atoms with Crippen LogP contribution in [0.25, 0.3) is 16.5 Å². The molecule has 0 radical (unpaired) electrons. The number of benzene rings is 2. The van der Waals surface area contributed by atoms with Gasteiger partial charge in [0.1, 0.15) is 11.3 Å². The molecule has 5 nitrogen and oxygen atoms in total. The second-order valence-corrected chi connectivity index (χ2v) is 7.30.